The van der Waals surface area contributed by atoms with Crippen LogP contribution in [-0.2, 0) is 7.05 Å². The van der Waals surface area contributed by atoms with Crippen molar-refractivity contribution in [2.45, 2.75) is 12.1 Å². The van der Waals surface area contributed by atoms with E-state index in [4.69, 9.17) is 5.73 Å². The van der Waals surface area contributed by atoms with Crippen LogP contribution in [0.25, 0.3) is 0 Å². The number of hydrogen-bond acceptors (Lipinski definition) is 3. The van der Waals surface area contributed by atoms with E-state index < -0.39 is 0 Å². The molecule has 0 amide bonds. The van der Waals surface area contributed by atoms with Crippen LogP contribution in [0.2, 0.25) is 0 Å². The Hall–Kier alpha value is -0.640. The van der Waals surface area contributed by atoms with Crippen molar-refractivity contribution in [3.05, 3.63) is 6.20 Å². The first kappa shape index (κ1) is 7.47. The summed E-state index contributed by atoms with van der Waals surface area (Å²) >= 11 is 1.69. The summed E-state index contributed by atoms with van der Waals surface area (Å²) in [4.78, 5) is 4.10. The minimum Gasteiger partial charge on any atom is -0.382 e. The fourth-order valence-corrected chi connectivity index (χ4v) is 1.42. The molecule has 0 aliphatic rings. The van der Waals surface area contributed by atoms with Crippen molar-refractivity contribution in [3.63, 3.8) is 0 Å². The molecule has 56 valence electrons. The summed E-state index contributed by atoms with van der Waals surface area (Å²) < 4.78 is 1.93. The number of nitrogen functional groups attached to an aromatic ring is 1. The van der Waals surface area contributed by atoms with Crippen molar-refractivity contribution in [1.29, 1.82) is 0 Å². The number of rotatable bonds is 2. The van der Waals surface area contributed by atoms with Gasteiger partial charge < -0.3 is 10.3 Å². The van der Waals surface area contributed by atoms with Gasteiger partial charge in [-0.3, -0.25) is 0 Å². The van der Waals surface area contributed by atoms with Gasteiger partial charge in [0, 0.05) is 13.2 Å². The first-order valence-corrected chi connectivity index (χ1v) is 4.14. The quantitative estimate of drug-likeness (QED) is 0.654. The van der Waals surface area contributed by atoms with E-state index in [-0.39, 0.29) is 0 Å². The lowest BCUT2D eigenvalue weighted by Gasteiger charge is -1.94. The van der Waals surface area contributed by atoms with E-state index in [1.165, 1.54) is 0 Å². The first-order chi connectivity index (χ1) is 4.74. The Labute approximate surface area is 64.6 Å². The average Bonchev–Trinajstić information content (AvgIpc) is 2.13. The summed E-state index contributed by atoms with van der Waals surface area (Å²) in [6.45, 7) is 2.09. The van der Waals surface area contributed by atoms with Gasteiger partial charge in [-0.2, -0.15) is 0 Å². The Morgan fingerprint density at radius 2 is 2.50 bits per heavy atom. The Bertz CT molecular complexity index is 219. The van der Waals surface area contributed by atoms with Crippen LogP contribution in [0.5, 0.6) is 0 Å². The van der Waals surface area contributed by atoms with Gasteiger partial charge in [0.05, 0.1) is 0 Å². The molecule has 0 fully saturated rings. The normalized spacial score (nSPS) is 10.2. The summed E-state index contributed by atoms with van der Waals surface area (Å²) in [5.74, 6) is 1.63. The van der Waals surface area contributed by atoms with Gasteiger partial charge in [0.25, 0.3) is 0 Å². The van der Waals surface area contributed by atoms with Gasteiger partial charge in [0.1, 0.15) is 5.82 Å². The molecule has 1 rings (SSSR count). The number of nitrogens with two attached hydrogens (primary N) is 1. The molecule has 0 spiro atoms. The van der Waals surface area contributed by atoms with E-state index in [1.807, 2.05) is 17.8 Å². The molecule has 0 aliphatic carbocycles. The number of aryl methyl sites for hydroxylation is 1. The lowest BCUT2D eigenvalue weighted by Crippen LogP contribution is -1.87. The minimum atomic E-state index is 0.596. The van der Waals surface area contributed by atoms with Crippen molar-refractivity contribution in [2.24, 2.45) is 7.05 Å². The fourth-order valence-electron chi connectivity index (χ4n) is 0.735. The molecule has 0 atom stereocenters. The molecule has 1 aromatic heterocycles. The lowest BCUT2D eigenvalue weighted by atomic mass is 10.8. The Morgan fingerprint density at radius 3 is 2.90 bits per heavy atom. The summed E-state index contributed by atoms with van der Waals surface area (Å²) in [5.41, 5.74) is 5.46. The van der Waals surface area contributed by atoms with Crippen molar-refractivity contribution in [2.75, 3.05) is 11.5 Å². The molecule has 10 heavy (non-hydrogen) atoms. The van der Waals surface area contributed by atoms with Gasteiger partial charge in [-0.25, -0.2) is 4.98 Å². The zero-order chi connectivity index (χ0) is 7.56. The molecule has 3 nitrogen and oxygen atoms in total. The molecule has 1 aromatic rings. The zero-order valence-corrected chi connectivity index (χ0v) is 6.98. The molecule has 4 heteroatoms. The Balaban J connectivity index is 2.81. The van der Waals surface area contributed by atoms with Crippen LogP contribution in [0.4, 0.5) is 5.82 Å². The van der Waals surface area contributed by atoms with Crippen molar-refractivity contribution >= 4 is 17.6 Å². The second kappa shape index (κ2) is 2.96. The van der Waals surface area contributed by atoms with Crippen LogP contribution in [0.15, 0.2) is 11.4 Å². The minimum absolute atomic E-state index is 0.596. The summed E-state index contributed by atoms with van der Waals surface area (Å²) in [7, 11) is 1.95. The number of nitrogens with zero attached hydrogens (tertiary/aromatic N) is 2. The van der Waals surface area contributed by atoms with E-state index in [9.17, 15) is 0 Å². The van der Waals surface area contributed by atoms with Gasteiger partial charge in [0.2, 0.25) is 0 Å². The summed E-state index contributed by atoms with van der Waals surface area (Å²) in [5, 5.41) is 0.986. The largest absolute Gasteiger partial charge is 0.382 e. The van der Waals surface area contributed by atoms with Gasteiger partial charge >= 0.3 is 0 Å². The Kier molecular flexibility index (Phi) is 2.21. The second-order valence-corrected chi connectivity index (χ2v) is 3.22. The van der Waals surface area contributed by atoms with E-state index in [0.717, 1.165) is 10.9 Å². The van der Waals surface area contributed by atoms with Crippen molar-refractivity contribution in [1.82, 2.24) is 9.55 Å². The maximum Gasteiger partial charge on any atom is 0.169 e. The molecule has 0 radical (unpaired) electrons. The third-order valence-electron chi connectivity index (χ3n) is 1.13. The topological polar surface area (TPSA) is 43.8 Å². The van der Waals surface area contributed by atoms with Gasteiger partial charge in [0.15, 0.2) is 5.16 Å². The molecular formula is C6H11N3S. The summed E-state index contributed by atoms with van der Waals surface area (Å²) in [6, 6.07) is 0. The smallest absolute Gasteiger partial charge is 0.169 e. The number of aromatic nitrogens is 2. The second-order valence-electron chi connectivity index (χ2n) is 1.99. The van der Waals surface area contributed by atoms with Crippen LogP contribution in [0.3, 0.4) is 0 Å². The van der Waals surface area contributed by atoms with Gasteiger partial charge in [-0.1, -0.05) is 18.7 Å². The molecule has 0 unspecified atom stereocenters. The molecule has 0 saturated carbocycles. The molecular weight excluding hydrogens is 146 g/mol. The monoisotopic (exact) mass is 157 g/mol. The summed E-state index contributed by atoms with van der Waals surface area (Å²) in [6.07, 6.45) is 1.82. The lowest BCUT2D eigenvalue weighted by molar-refractivity contribution is 0.790. The Morgan fingerprint density at radius 1 is 1.80 bits per heavy atom. The molecule has 2 N–H and O–H groups in total. The van der Waals surface area contributed by atoms with Gasteiger partial charge in [-0.05, 0) is 5.75 Å². The number of thioether (sulfide) groups is 1. The number of anilines is 1. The molecule has 0 aliphatic heterocycles. The number of imidazole rings is 1. The van der Waals surface area contributed by atoms with Crippen molar-refractivity contribution in [3.8, 4) is 0 Å². The van der Waals surface area contributed by atoms with Crippen LogP contribution in [0, 0.1) is 0 Å². The molecule has 0 bridgehead atoms. The van der Waals surface area contributed by atoms with Crippen LogP contribution in [-0.4, -0.2) is 15.3 Å². The average molecular weight is 157 g/mol. The van der Waals surface area contributed by atoms with Crippen LogP contribution < -0.4 is 5.73 Å². The maximum atomic E-state index is 5.46. The molecule has 1 heterocycles. The zero-order valence-electron chi connectivity index (χ0n) is 6.16. The van der Waals surface area contributed by atoms with Crippen LogP contribution >= 0.6 is 11.8 Å². The maximum absolute atomic E-state index is 5.46. The number of hydrogen-bond donors (Lipinski definition) is 1. The predicted molar refractivity (Wildman–Crippen MR) is 44.0 cm³/mol. The third-order valence-corrected chi connectivity index (χ3v) is 2.05. The highest BCUT2D eigenvalue weighted by Crippen LogP contribution is 2.16. The van der Waals surface area contributed by atoms with E-state index in [0.29, 0.717) is 5.82 Å². The SMILES string of the molecule is CCSc1nc(N)cn1C. The predicted octanol–water partition coefficient (Wildman–Crippen LogP) is 1.11. The van der Waals surface area contributed by atoms with E-state index in [1.54, 1.807) is 11.8 Å². The van der Waals surface area contributed by atoms with E-state index in [2.05, 4.69) is 11.9 Å². The fraction of sp³-hybridized carbons (Fsp3) is 0.500. The highest BCUT2D eigenvalue weighted by molar-refractivity contribution is 7.99. The molecule has 0 aromatic carbocycles. The highest BCUT2D eigenvalue weighted by Gasteiger charge is 1.99. The first-order valence-electron chi connectivity index (χ1n) is 3.15. The third kappa shape index (κ3) is 1.44. The molecule has 0 saturated heterocycles. The van der Waals surface area contributed by atoms with Crippen molar-refractivity contribution < 1.29 is 0 Å². The van der Waals surface area contributed by atoms with E-state index >= 15 is 0 Å². The highest BCUT2D eigenvalue weighted by atomic mass is 32.2. The van der Waals surface area contributed by atoms with Gasteiger partial charge in [-0.15, -0.1) is 0 Å². The van der Waals surface area contributed by atoms with Crippen LogP contribution in [0.1, 0.15) is 6.92 Å². The standard InChI is InChI=1S/C6H11N3S/c1-3-10-6-8-5(7)4-9(6)2/h4H,3,7H2,1-2H3.